The van der Waals surface area contributed by atoms with Crippen LogP contribution < -0.4 is 11.3 Å². The van der Waals surface area contributed by atoms with Gasteiger partial charge >= 0.3 is 0 Å². The van der Waals surface area contributed by atoms with Gasteiger partial charge in [0.1, 0.15) is 0 Å². The van der Waals surface area contributed by atoms with Crippen molar-refractivity contribution in [2.45, 2.75) is 19.5 Å². The lowest BCUT2D eigenvalue weighted by atomic mass is 10.2. The molecule has 0 aliphatic carbocycles. The van der Waals surface area contributed by atoms with E-state index in [2.05, 4.69) is 27.2 Å². The topological polar surface area (TPSA) is 85.5 Å². The van der Waals surface area contributed by atoms with Crippen LogP contribution in [0.1, 0.15) is 12.6 Å². The van der Waals surface area contributed by atoms with Gasteiger partial charge in [-0.05, 0) is 6.92 Å². The van der Waals surface area contributed by atoms with Gasteiger partial charge in [0.15, 0.2) is 5.82 Å². The fourth-order valence-electron chi connectivity index (χ4n) is 1.73. The van der Waals surface area contributed by atoms with Gasteiger partial charge in [-0.2, -0.15) is 0 Å². The number of hydrazine groups is 1. The Balaban J connectivity index is 2.63. The minimum atomic E-state index is 0.286. The van der Waals surface area contributed by atoms with E-state index in [1.807, 2.05) is 0 Å². The van der Waals surface area contributed by atoms with E-state index in [4.69, 9.17) is 15.3 Å². The second-order valence-corrected chi connectivity index (χ2v) is 4.30. The van der Waals surface area contributed by atoms with Crippen LogP contribution in [0.4, 0.5) is 5.82 Å². The first-order valence-electron chi connectivity index (χ1n) is 6.20. The minimum Gasteiger partial charge on any atom is -0.383 e. The van der Waals surface area contributed by atoms with Crippen LogP contribution in [0, 0.1) is 0 Å². The van der Waals surface area contributed by atoms with Crippen LogP contribution >= 0.6 is 0 Å². The summed E-state index contributed by atoms with van der Waals surface area (Å²) in [5.74, 6) is 5.81. The smallest absolute Gasteiger partial charge is 0.158 e. The molecule has 0 spiro atoms. The Labute approximate surface area is 114 Å². The summed E-state index contributed by atoms with van der Waals surface area (Å²) in [6, 6.07) is 0.286. The maximum atomic E-state index is 5.26. The van der Waals surface area contributed by atoms with Crippen molar-refractivity contribution < 1.29 is 9.47 Å². The highest BCUT2D eigenvalue weighted by molar-refractivity contribution is 5.28. The summed E-state index contributed by atoms with van der Waals surface area (Å²) in [6.45, 7) is 4.97. The monoisotopic (exact) mass is 269 g/mol. The van der Waals surface area contributed by atoms with E-state index in [9.17, 15) is 0 Å². The molecule has 0 aliphatic heterocycles. The Morgan fingerprint density at radius 1 is 1.32 bits per heavy atom. The lowest BCUT2D eigenvalue weighted by Crippen LogP contribution is -2.38. The van der Waals surface area contributed by atoms with Crippen molar-refractivity contribution in [2.24, 2.45) is 5.84 Å². The quantitative estimate of drug-likeness (QED) is 0.491. The van der Waals surface area contributed by atoms with Crippen molar-refractivity contribution in [2.75, 3.05) is 39.4 Å². The van der Waals surface area contributed by atoms with Crippen LogP contribution in [0.3, 0.4) is 0 Å². The molecule has 0 aromatic carbocycles. The van der Waals surface area contributed by atoms with Gasteiger partial charge in [0.05, 0.1) is 31.3 Å². The van der Waals surface area contributed by atoms with Crippen LogP contribution in [-0.4, -0.2) is 54.9 Å². The maximum absolute atomic E-state index is 5.26. The van der Waals surface area contributed by atoms with E-state index >= 15 is 0 Å². The van der Waals surface area contributed by atoms with E-state index in [0.717, 1.165) is 12.2 Å². The van der Waals surface area contributed by atoms with Crippen molar-refractivity contribution in [3.63, 3.8) is 0 Å². The van der Waals surface area contributed by atoms with E-state index in [1.54, 1.807) is 26.6 Å². The molecule has 19 heavy (non-hydrogen) atoms. The number of nitrogens with two attached hydrogens (primary N) is 1. The highest BCUT2D eigenvalue weighted by atomic mass is 16.5. The summed E-state index contributed by atoms with van der Waals surface area (Å²) in [4.78, 5) is 10.7. The average Bonchev–Trinajstić information content (AvgIpc) is 2.44. The number of rotatable bonds is 9. The first kappa shape index (κ1) is 15.8. The van der Waals surface area contributed by atoms with Gasteiger partial charge in [0.25, 0.3) is 0 Å². The molecular formula is C12H23N5O2. The molecule has 7 nitrogen and oxygen atoms in total. The lowest BCUT2D eigenvalue weighted by molar-refractivity contribution is 0.0697. The molecule has 0 amide bonds. The molecule has 0 aliphatic rings. The van der Waals surface area contributed by atoms with Gasteiger partial charge in [-0.3, -0.25) is 9.88 Å². The molecule has 1 aromatic rings. The molecule has 0 radical (unpaired) electrons. The summed E-state index contributed by atoms with van der Waals surface area (Å²) < 4.78 is 10.3. The van der Waals surface area contributed by atoms with Crippen LogP contribution in [0.15, 0.2) is 12.4 Å². The third-order valence-electron chi connectivity index (χ3n) is 2.83. The van der Waals surface area contributed by atoms with Crippen LogP contribution in [0.25, 0.3) is 0 Å². The summed E-state index contributed by atoms with van der Waals surface area (Å²) in [7, 11) is 3.40. The molecule has 0 saturated carbocycles. The second-order valence-electron chi connectivity index (χ2n) is 4.30. The molecule has 1 atom stereocenters. The highest BCUT2D eigenvalue weighted by Gasteiger charge is 2.14. The van der Waals surface area contributed by atoms with Crippen LogP contribution in [0.2, 0.25) is 0 Å². The number of methoxy groups -OCH3 is 2. The Morgan fingerprint density at radius 3 is 2.63 bits per heavy atom. The number of nitrogens with one attached hydrogen (secondary N) is 1. The number of nitrogens with zero attached hydrogens (tertiary/aromatic N) is 3. The molecule has 0 bridgehead atoms. The van der Waals surface area contributed by atoms with Gasteiger partial charge in [0, 0.05) is 33.4 Å². The first-order chi connectivity index (χ1) is 9.21. The summed E-state index contributed by atoms with van der Waals surface area (Å²) >= 11 is 0. The zero-order valence-electron chi connectivity index (χ0n) is 11.8. The largest absolute Gasteiger partial charge is 0.383 e. The number of hydrogen-bond donors (Lipinski definition) is 2. The van der Waals surface area contributed by atoms with E-state index in [0.29, 0.717) is 25.6 Å². The van der Waals surface area contributed by atoms with Crippen molar-refractivity contribution in [1.82, 2.24) is 14.9 Å². The SMILES string of the molecule is COCCN(Cc1cnc(NN)cn1)C(C)COC. The van der Waals surface area contributed by atoms with Gasteiger partial charge in [-0.1, -0.05) is 0 Å². The second kappa shape index (κ2) is 8.76. The fourth-order valence-corrected chi connectivity index (χ4v) is 1.73. The van der Waals surface area contributed by atoms with E-state index < -0.39 is 0 Å². The molecule has 1 heterocycles. The molecule has 1 unspecified atom stereocenters. The minimum absolute atomic E-state index is 0.286. The van der Waals surface area contributed by atoms with Crippen LogP contribution in [0.5, 0.6) is 0 Å². The molecule has 0 saturated heterocycles. The molecule has 3 N–H and O–H groups in total. The van der Waals surface area contributed by atoms with Gasteiger partial charge in [0.2, 0.25) is 0 Å². The number of nitrogen functional groups attached to an aromatic ring is 1. The third-order valence-corrected chi connectivity index (χ3v) is 2.83. The number of ether oxygens (including phenoxy) is 2. The highest BCUT2D eigenvalue weighted by Crippen LogP contribution is 2.07. The van der Waals surface area contributed by atoms with Crippen LogP contribution in [-0.2, 0) is 16.0 Å². The number of aromatic nitrogens is 2. The molecule has 7 heteroatoms. The van der Waals surface area contributed by atoms with Crippen molar-refractivity contribution in [3.8, 4) is 0 Å². The maximum Gasteiger partial charge on any atom is 0.158 e. The Hall–Kier alpha value is -1.28. The fraction of sp³-hybridized carbons (Fsp3) is 0.667. The molecule has 108 valence electrons. The van der Waals surface area contributed by atoms with Gasteiger partial charge in [-0.25, -0.2) is 10.8 Å². The first-order valence-corrected chi connectivity index (χ1v) is 6.20. The number of hydrogen-bond acceptors (Lipinski definition) is 7. The van der Waals surface area contributed by atoms with Gasteiger partial charge in [-0.15, -0.1) is 0 Å². The van der Waals surface area contributed by atoms with Gasteiger partial charge < -0.3 is 14.9 Å². The molecule has 1 aromatic heterocycles. The number of anilines is 1. The Morgan fingerprint density at radius 2 is 2.11 bits per heavy atom. The summed E-state index contributed by atoms with van der Waals surface area (Å²) in [6.07, 6.45) is 3.33. The van der Waals surface area contributed by atoms with E-state index in [1.165, 1.54) is 0 Å². The van der Waals surface area contributed by atoms with Crippen molar-refractivity contribution >= 4 is 5.82 Å². The zero-order chi connectivity index (χ0) is 14.1. The Bertz CT molecular complexity index is 346. The predicted octanol–water partition coefficient (Wildman–Crippen LogP) is 0.246. The van der Waals surface area contributed by atoms with Crippen molar-refractivity contribution in [1.29, 1.82) is 0 Å². The summed E-state index contributed by atoms with van der Waals surface area (Å²) in [5.41, 5.74) is 3.34. The third kappa shape index (κ3) is 5.48. The molecule has 0 fully saturated rings. The zero-order valence-corrected chi connectivity index (χ0v) is 11.8. The molecular weight excluding hydrogens is 246 g/mol. The normalized spacial score (nSPS) is 12.7. The predicted molar refractivity (Wildman–Crippen MR) is 73.5 cm³/mol. The van der Waals surface area contributed by atoms with E-state index in [-0.39, 0.29) is 6.04 Å². The lowest BCUT2D eigenvalue weighted by Gasteiger charge is -2.27. The van der Waals surface area contributed by atoms with Crippen molar-refractivity contribution in [3.05, 3.63) is 18.1 Å². The average molecular weight is 269 g/mol. The Kier molecular flexibility index (Phi) is 7.27. The molecule has 1 rings (SSSR count). The summed E-state index contributed by atoms with van der Waals surface area (Å²) in [5, 5.41) is 0. The standard InChI is InChI=1S/C12H23N5O2/c1-10(9-19-3)17(4-5-18-2)8-11-6-15-12(16-13)7-14-11/h6-7,10H,4-5,8-9,13H2,1-3H3,(H,15,16).